The molecular weight excluding hydrogens is 452 g/mol. The fourth-order valence-electron chi connectivity index (χ4n) is 2.95. The predicted octanol–water partition coefficient (Wildman–Crippen LogP) is 5.33. The summed E-state index contributed by atoms with van der Waals surface area (Å²) in [7, 11) is 0. The van der Waals surface area contributed by atoms with Crippen LogP contribution in [0.2, 0.25) is 0 Å². The molecule has 1 heterocycles. The zero-order valence-electron chi connectivity index (χ0n) is 18.0. The Morgan fingerprint density at radius 3 is 2.64 bits per heavy atom. The summed E-state index contributed by atoms with van der Waals surface area (Å²) in [6, 6.07) is 25.5. The number of hydrazone groups is 1. The van der Waals surface area contributed by atoms with Gasteiger partial charge in [-0.05, 0) is 30.2 Å². The highest BCUT2D eigenvalue weighted by atomic mass is 32.2. The number of hydrogen-bond donors (Lipinski definition) is 1. The molecule has 0 bridgehead atoms. The minimum Gasteiger partial charge on any atom is -0.488 e. The maximum Gasteiger partial charge on any atom is 0.250 e. The van der Waals surface area contributed by atoms with Crippen LogP contribution in [0.4, 0.5) is 0 Å². The van der Waals surface area contributed by atoms with Crippen molar-refractivity contribution in [1.82, 2.24) is 15.6 Å². The lowest BCUT2D eigenvalue weighted by atomic mass is 10.1. The number of nitrogens with zero attached hydrogens (tertiary/aromatic N) is 3. The third-order valence-corrected chi connectivity index (χ3v) is 6.82. The van der Waals surface area contributed by atoms with Crippen LogP contribution in [-0.4, -0.2) is 28.1 Å². The summed E-state index contributed by atoms with van der Waals surface area (Å²) in [6.45, 7) is 2.52. The Kier molecular flexibility index (Phi) is 7.84. The zero-order chi connectivity index (χ0) is 22.9. The molecule has 0 fully saturated rings. The number of nitrogens with one attached hydrogen (secondary N) is 1. The van der Waals surface area contributed by atoms with Gasteiger partial charge < -0.3 is 4.74 Å². The zero-order valence-corrected chi connectivity index (χ0v) is 19.6. The van der Waals surface area contributed by atoms with E-state index >= 15 is 0 Å². The number of thioether (sulfide) groups is 1. The average Bonchev–Trinajstić information content (AvgIpc) is 3.33. The molecule has 1 amide bonds. The highest BCUT2D eigenvalue weighted by Gasteiger charge is 2.09. The van der Waals surface area contributed by atoms with Crippen molar-refractivity contribution >= 4 is 35.2 Å². The quantitative estimate of drug-likeness (QED) is 0.201. The summed E-state index contributed by atoms with van der Waals surface area (Å²) in [5.74, 6) is 0.688. The van der Waals surface area contributed by atoms with Gasteiger partial charge in [0.05, 0.1) is 12.0 Å². The van der Waals surface area contributed by atoms with E-state index in [0.29, 0.717) is 12.4 Å². The molecule has 4 rings (SSSR count). The molecule has 0 aliphatic heterocycles. The van der Waals surface area contributed by atoms with E-state index < -0.39 is 0 Å². The summed E-state index contributed by atoms with van der Waals surface area (Å²) in [5, 5.41) is 13.3. The first-order chi connectivity index (χ1) is 16.2. The standard InChI is InChI=1S/C25H22N4O2S2/c1-18-9-5-6-13-21(18)16-31-22-14-8-7-12-20(22)15-26-27-23(30)17-32-25-29-28-24(33-25)19-10-3-2-4-11-19/h2-15H,16-17H2,1H3,(H,27,30). The summed E-state index contributed by atoms with van der Waals surface area (Å²) < 4.78 is 6.72. The van der Waals surface area contributed by atoms with Gasteiger partial charge in [-0.2, -0.15) is 5.10 Å². The van der Waals surface area contributed by atoms with E-state index in [1.54, 1.807) is 6.21 Å². The Labute approximate surface area is 200 Å². The Morgan fingerprint density at radius 1 is 1.03 bits per heavy atom. The lowest BCUT2D eigenvalue weighted by Crippen LogP contribution is -2.19. The van der Waals surface area contributed by atoms with Crippen LogP contribution in [0.3, 0.4) is 0 Å². The molecule has 1 aromatic heterocycles. The number of benzene rings is 3. The van der Waals surface area contributed by atoms with Crippen LogP contribution in [0, 0.1) is 6.92 Å². The number of ether oxygens (including phenoxy) is 1. The third-order valence-electron chi connectivity index (χ3n) is 4.71. The van der Waals surface area contributed by atoms with Crippen molar-refractivity contribution in [1.29, 1.82) is 0 Å². The number of hydrogen-bond acceptors (Lipinski definition) is 7. The van der Waals surface area contributed by atoms with Gasteiger partial charge in [-0.3, -0.25) is 4.79 Å². The van der Waals surface area contributed by atoms with E-state index in [4.69, 9.17) is 4.74 Å². The molecule has 8 heteroatoms. The average molecular weight is 475 g/mol. The van der Waals surface area contributed by atoms with Crippen molar-refractivity contribution < 1.29 is 9.53 Å². The number of amides is 1. The topological polar surface area (TPSA) is 76.5 Å². The summed E-state index contributed by atoms with van der Waals surface area (Å²) >= 11 is 2.80. The highest BCUT2D eigenvalue weighted by molar-refractivity contribution is 8.01. The molecule has 4 aromatic rings. The van der Waals surface area contributed by atoms with Crippen molar-refractivity contribution in [2.24, 2.45) is 5.10 Å². The Morgan fingerprint density at radius 2 is 1.79 bits per heavy atom. The number of rotatable bonds is 9. The fraction of sp³-hybridized carbons (Fsp3) is 0.120. The molecule has 0 saturated heterocycles. The van der Waals surface area contributed by atoms with E-state index in [2.05, 4.69) is 33.7 Å². The molecule has 0 aliphatic carbocycles. The van der Waals surface area contributed by atoms with Crippen LogP contribution in [0.25, 0.3) is 10.6 Å². The second-order valence-electron chi connectivity index (χ2n) is 7.07. The van der Waals surface area contributed by atoms with Crippen molar-refractivity contribution in [3.8, 4) is 16.3 Å². The molecule has 6 nitrogen and oxygen atoms in total. The van der Waals surface area contributed by atoms with Gasteiger partial charge in [0, 0.05) is 11.1 Å². The van der Waals surface area contributed by atoms with Crippen molar-refractivity contribution in [3.05, 3.63) is 95.6 Å². The number of aryl methyl sites for hydroxylation is 1. The lowest BCUT2D eigenvalue weighted by Gasteiger charge is -2.10. The second-order valence-corrected chi connectivity index (χ2v) is 9.27. The molecule has 33 heavy (non-hydrogen) atoms. The number of carbonyl (C=O) groups is 1. The van der Waals surface area contributed by atoms with Crippen LogP contribution in [0.15, 0.2) is 88.3 Å². The van der Waals surface area contributed by atoms with E-state index in [-0.39, 0.29) is 11.7 Å². The maximum absolute atomic E-state index is 12.2. The Balaban J connectivity index is 1.28. The van der Waals surface area contributed by atoms with Gasteiger partial charge in [-0.15, -0.1) is 10.2 Å². The molecule has 0 atom stereocenters. The molecule has 0 unspecified atom stereocenters. The third kappa shape index (κ3) is 6.50. The molecule has 0 saturated carbocycles. The van der Waals surface area contributed by atoms with Crippen LogP contribution in [-0.2, 0) is 11.4 Å². The molecule has 166 valence electrons. The van der Waals surface area contributed by atoms with Gasteiger partial charge in [-0.25, -0.2) is 5.43 Å². The second kappa shape index (κ2) is 11.4. The maximum atomic E-state index is 12.2. The minimum absolute atomic E-state index is 0.201. The van der Waals surface area contributed by atoms with Crippen molar-refractivity contribution in [2.45, 2.75) is 17.9 Å². The fourth-order valence-corrected chi connectivity index (χ4v) is 4.59. The number of aromatic nitrogens is 2. The first-order valence-electron chi connectivity index (χ1n) is 10.3. The first kappa shape index (κ1) is 22.7. The van der Waals surface area contributed by atoms with E-state index in [1.807, 2.05) is 72.8 Å². The molecule has 1 N–H and O–H groups in total. The molecular formula is C25H22N4O2S2. The smallest absolute Gasteiger partial charge is 0.250 e. The number of carbonyl (C=O) groups excluding carboxylic acids is 1. The highest BCUT2D eigenvalue weighted by Crippen LogP contribution is 2.29. The van der Waals surface area contributed by atoms with Crippen LogP contribution in [0.5, 0.6) is 5.75 Å². The monoisotopic (exact) mass is 474 g/mol. The summed E-state index contributed by atoms with van der Waals surface area (Å²) in [6.07, 6.45) is 1.59. The van der Waals surface area contributed by atoms with Crippen LogP contribution >= 0.6 is 23.1 Å². The van der Waals surface area contributed by atoms with E-state index in [9.17, 15) is 4.79 Å². The van der Waals surface area contributed by atoms with Gasteiger partial charge in [0.1, 0.15) is 17.4 Å². The molecule has 0 radical (unpaired) electrons. The molecule has 0 aliphatic rings. The van der Waals surface area contributed by atoms with E-state index in [0.717, 1.165) is 26.0 Å². The Hall–Kier alpha value is -3.49. The van der Waals surface area contributed by atoms with Crippen LogP contribution in [0.1, 0.15) is 16.7 Å². The minimum atomic E-state index is -0.217. The molecule has 0 spiro atoms. The van der Waals surface area contributed by atoms with Gasteiger partial charge in [0.2, 0.25) is 0 Å². The first-order valence-corrected chi connectivity index (χ1v) is 12.1. The van der Waals surface area contributed by atoms with Gasteiger partial charge in [-0.1, -0.05) is 89.8 Å². The molecule has 3 aromatic carbocycles. The Bertz CT molecular complexity index is 1240. The van der Waals surface area contributed by atoms with Gasteiger partial charge in [0.25, 0.3) is 5.91 Å². The summed E-state index contributed by atoms with van der Waals surface area (Å²) in [5.41, 5.74) is 6.67. The SMILES string of the molecule is Cc1ccccc1COc1ccccc1C=NNC(=O)CSc1nnc(-c2ccccc2)s1. The van der Waals surface area contributed by atoms with Crippen molar-refractivity contribution in [3.63, 3.8) is 0 Å². The van der Waals surface area contributed by atoms with Crippen LogP contribution < -0.4 is 10.2 Å². The number of para-hydroxylation sites is 1. The summed E-state index contributed by atoms with van der Waals surface area (Å²) in [4.78, 5) is 12.2. The lowest BCUT2D eigenvalue weighted by molar-refractivity contribution is -0.118. The van der Waals surface area contributed by atoms with E-state index in [1.165, 1.54) is 28.7 Å². The van der Waals surface area contributed by atoms with Gasteiger partial charge in [0.15, 0.2) is 4.34 Å². The predicted molar refractivity (Wildman–Crippen MR) is 134 cm³/mol. The normalized spacial score (nSPS) is 10.9. The van der Waals surface area contributed by atoms with Crippen molar-refractivity contribution in [2.75, 3.05) is 5.75 Å². The largest absolute Gasteiger partial charge is 0.488 e. The van der Waals surface area contributed by atoms with Gasteiger partial charge >= 0.3 is 0 Å².